The summed E-state index contributed by atoms with van der Waals surface area (Å²) < 4.78 is 10.7. The Bertz CT molecular complexity index is 1220. The van der Waals surface area contributed by atoms with Gasteiger partial charge in [-0.25, -0.2) is 0 Å². The standard InChI is InChI=1S/C28H29N3O3/c1-2-5-19-9-11-20(12-10-19)21-13-15-22(16-14-21)23-6-3-7-24(18-23)26(32)29-28-31-30-27(34-28)25-8-4-17-33-25/h3-4,6-8,13-20H,2,5,9-12H2,1H3,(H,29,31,32)/t19-,20-. The molecule has 1 fully saturated rings. The normalized spacial score (nSPS) is 18.0. The van der Waals surface area contributed by atoms with E-state index in [0.29, 0.717) is 17.2 Å². The highest BCUT2D eigenvalue weighted by Crippen LogP contribution is 2.38. The maximum Gasteiger partial charge on any atom is 0.322 e. The van der Waals surface area contributed by atoms with Crippen molar-refractivity contribution in [2.45, 2.75) is 51.4 Å². The number of hydrogen-bond acceptors (Lipinski definition) is 5. The molecule has 0 unspecified atom stereocenters. The van der Waals surface area contributed by atoms with Gasteiger partial charge in [-0.2, -0.15) is 0 Å². The van der Waals surface area contributed by atoms with Crippen LogP contribution in [0.4, 0.5) is 6.01 Å². The van der Waals surface area contributed by atoms with E-state index >= 15 is 0 Å². The van der Waals surface area contributed by atoms with Gasteiger partial charge in [0.05, 0.1) is 6.26 Å². The molecule has 1 saturated carbocycles. The van der Waals surface area contributed by atoms with Gasteiger partial charge >= 0.3 is 6.01 Å². The van der Waals surface area contributed by atoms with Crippen LogP contribution < -0.4 is 5.32 Å². The Labute approximate surface area is 199 Å². The highest BCUT2D eigenvalue weighted by Gasteiger charge is 2.22. The quantitative estimate of drug-likeness (QED) is 0.316. The Balaban J connectivity index is 1.24. The van der Waals surface area contributed by atoms with E-state index < -0.39 is 0 Å². The fourth-order valence-corrected chi connectivity index (χ4v) is 4.92. The molecule has 0 saturated heterocycles. The van der Waals surface area contributed by atoms with Crippen LogP contribution in [-0.2, 0) is 0 Å². The van der Waals surface area contributed by atoms with Crippen LogP contribution in [0.1, 0.15) is 67.3 Å². The number of nitrogens with one attached hydrogen (secondary N) is 1. The van der Waals surface area contributed by atoms with Crippen LogP contribution in [0, 0.1) is 5.92 Å². The van der Waals surface area contributed by atoms with Gasteiger partial charge in [0.2, 0.25) is 0 Å². The second kappa shape index (κ2) is 10.1. The molecular formula is C28H29N3O3. The van der Waals surface area contributed by atoms with Crippen LogP contribution in [0.25, 0.3) is 22.8 Å². The van der Waals surface area contributed by atoms with Crippen molar-refractivity contribution in [1.29, 1.82) is 0 Å². The minimum Gasteiger partial charge on any atom is -0.459 e. The third-order valence-electron chi connectivity index (χ3n) is 6.76. The molecule has 0 atom stereocenters. The smallest absolute Gasteiger partial charge is 0.322 e. The molecule has 6 nitrogen and oxygen atoms in total. The fourth-order valence-electron chi connectivity index (χ4n) is 4.92. The third-order valence-corrected chi connectivity index (χ3v) is 6.76. The number of carbonyl (C=O) groups is 1. The number of furan rings is 1. The molecule has 0 bridgehead atoms. The van der Waals surface area contributed by atoms with Gasteiger partial charge in [-0.05, 0) is 78.5 Å². The Morgan fingerprint density at radius 1 is 0.971 bits per heavy atom. The van der Waals surface area contributed by atoms with Crippen LogP contribution in [0.2, 0.25) is 0 Å². The second-order valence-corrected chi connectivity index (χ2v) is 9.05. The molecule has 1 N–H and O–H groups in total. The average molecular weight is 456 g/mol. The molecule has 1 amide bonds. The summed E-state index contributed by atoms with van der Waals surface area (Å²) in [5.41, 5.74) is 4.04. The molecule has 0 aliphatic heterocycles. The lowest BCUT2D eigenvalue weighted by Gasteiger charge is -2.28. The first kappa shape index (κ1) is 22.1. The van der Waals surface area contributed by atoms with Crippen molar-refractivity contribution in [3.8, 4) is 22.8 Å². The molecule has 2 heterocycles. The zero-order valence-electron chi connectivity index (χ0n) is 19.4. The zero-order valence-corrected chi connectivity index (χ0v) is 19.4. The van der Waals surface area contributed by atoms with E-state index in [0.717, 1.165) is 17.0 Å². The van der Waals surface area contributed by atoms with Crippen LogP contribution in [0.5, 0.6) is 0 Å². The third kappa shape index (κ3) is 4.96. The first-order valence-corrected chi connectivity index (χ1v) is 12.1. The first-order valence-electron chi connectivity index (χ1n) is 12.1. The van der Waals surface area contributed by atoms with E-state index in [-0.39, 0.29) is 17.8 Å². The minimum absolute atomic E-state index is 0.0276. The highest BCUT2D eigenvalue weighted by molar-refractivity contribution is 6.03. The summed E-state index contributed by atoms with van der Waals surface area (Å²) in [6, 6.07) is 19.9. The molecule has 6 heteroatoms. The number of anilines is 1. The van der Waals surface area contributed by atoms with Crippen LogP contribution in [0.15, 0.2) is 75.8 Å². The summed E-state index contributed by atoms with van der Waals surface area (Å²) in [6.45, 7) is 2.28. The van der Waals surface area contributed by atoms with Crippen molar-refractivity contribution in [1.82, 2.24) is 10.2 Å². The predicted molar refractivity (Wildman–Crippen MR) is 131 cm³/mol. The van der Waals surface area contributed by atoms with Crippen molar-refractivity contribution in [3.05, 3.63) is 78.1 Å². The number of hydrogen-bond donors (Lipinski definition) is 1. The average Bonchev–Trinajstić information content (AvgIpc) is 3.57. The first-order chi connectivity index (χ1) is 16.7. The Hall–Kier alpha value is -3.67. The number of aromatic nitrogens is 2. The van der Waals surface area contributed by atoms with E-state index in [1.807, 2.05) is 18.2 Å². The lowest BCUT2D eigenvalue weighted by Crippen LogP contribution is -2.13. The van der Waals surface area contributed by atoms with Gasteiger partial charge in [0.25, 0.3) is 11.8 Å². The Morgan fingerprint density at radius 2 is 1.79 bits per heavy atom. The van der Waals surface area contributed by atoms with Crippen LogP contribution in [0.3, 0.4) is 0 Å². The van der Waals surface area contributed by atoms with Crippen LogP contribution >= 0.6 is 0 Å². The topological polar surface area (TPSA) is 81.2 Å². The molecule has 5 rings (SSSR count). The molecule has 1 aliphatic carbocycles. The molecule has 2 aromatic carbocycles. The molecule has 0 spiro atoms. The molecule has 4 aromatic rings. The van der Waals surface area contributed by atoms with E-state index in [1.165, 1.54) is 50.4 Å². The van der Waals surface area contributed by atoms with E-state index in [9.17, 15) is 4.79 Å². The highest BCUT2D eigenvalue weighted by atomic mass is 16.4. The van der Waals surface area contributed by atoms with E-state index in [1.54, 1.807) is 18.2 Å². The number of carbonyl (C=O) groups excluding carboxylic acids is 1. The number of nitrogens with zero attached hydrogens (tertiary/aromatic N) is 2. The lowest BCUT2D eigenvalue weighted by atomic mass is 9.77. The summed E-state index contributed by atoms with van der Waals surface area (Å²) >= 11 is 0. The summed E-state index contributed by atoms with van der Waals surface area (Å²) in [4.78, 5) is 12.8. The van der Waals surface area contributed by atoms with Gasteiger partial charge < -0.3 is 8.83 Å². The number of rotatable bonds is 7. The molecule has 2 aromatic heterocycles. The van der Waals surface area contributed by atoms with Crippen molar-refractivity contribution < 1.29 is 13.6 Å². The molecule has 0 radical (unpaired) electrons. The van der Waals surface area contributed by atoms with Gasteiger partial charge in [0.15, 0.2) is 5.76 Å². The molecule has 174 valence electrons. The monoisotopic (exact) mass is 455 g/mol. The summed E-state index contributed by atoms with van der Waals surface area (Å²) in [7, 11) is 0. The summed E-state index contributed by atoms with van der Waals surface area (Å²) in [5, 5.41) is 10.4. The van der Waals surface area contributed by atoms with Gasteiger partial charge in [-0.3, -0.25) is 10.1 Å². The molecule has 34 heavy (non-hydrogen) atoms. The van der Waals surface area contributed by atoms with E-state index in [2.05, 4.69) is 46.7 Å². The maximum atomic E-state index is 12.8. The second-order valence-electron chi connectivity index (χ2n) is 9.05. The zero-order chi connectivity index (χ0) is 23.3. The minimum atomic E-state index is -0.308. The van der Waals surface area contributed by atoms with Gasteiger partial charge in [-0.15, -0.1) is 5.10 Å². The van der Waals surface area contributed by atoms with Crippen molar-refractivity contribution >= 4 is 11.9 Å². The number of benzene rings is 2. The summed E-state index contributed by atoms with van der Waals surface area (Å²) in [5.74, 6) is 1.94. The van der Waals surface area contributed by atoms with Gasteiger partial charge in [-0.1, -0.05) is 61.3 Å². The van der Waals surface area contributed by atoms with Crippen molar-refractivity contribution in [3.63, 3.8) is 0 Å². The SMILES string of the molecule is CCC[C@H]1CC[C@H](c2ccc(-c3cccc(C(=O)Nc4nnc(-c5ccco5)o4)c3)cc2)CC1. The van der Waals surface area contributed by atoms with Gasteiger partial charge in [0, 0.05) is 5.56 Å². The molecular weight excluding hydrogens is 426 g/mol. The van der Waals surface area contributed by atoms with Crippen molar-refractivity contribution in [2.24, 2.45) is 5.92 Å². The maximum absolute atomic E-state index is 12.8. The van der Waals surface area contributed by atoms with E-state index in [4.69, 9.17) is 8.83 Å². The number of amides is 1. The Kier molecular flexibility index (Phi) is 6.56. The van der Waals surface area contributed by atoms with Crippen LogP contribution in [-0.4, -0.2) is 16.1 Å². The molecule has 1 aliphatic rings. The summed E-state index contributed by atoms with van der Waals surface area (Å²) in [6.07, 6.45) is 9.46. The lowest BCUT2D eigenvalue weighted by molar-refractivity contribution is 0.102. The Morgan fingerprint density at radius 3 is 2.53 bits per heavy atom. The fraction of sp³-hybridized carbons (Fsp3) is 0.321. The largest absolute Gasteiger partial charge is 0.459 e. The predicted octanol–water partition coefficient (Wildman–Crippen LogP) is 7.32. The van der Waals surface area contributed by atoms with Gasteiger partial charge in [0.1, 0.15) is 0 Å². The van der Waals surface area contributed by atoms with Crippen molar-refractivity contribution in [2.75, 3.05) is 5.32 Å².